The largest absolute Gasteiger partial charge is 0.497 e. The molecule has 17 heavy (non-hydrogen) atoms. The normalized spacial score (nSPS) is 12.1. The van der Waals surface area contributed by atoms with Crippen LogP contribution in [0.15, 0.2) is 24.3 Å². The molecular formula is C13H18O3S. The minimum absolute atomic E-state index is 0.296. The number of rotatable bonds is 7. The number of hydrogen-bond donors (Lipinski definition) is 1. The van der Waals surface area contributed by atoms with Crippen molar-refractivity contribution in [2.75, 3.05) is 19.1 Å². The Labute approximate surface area is 106 Å². The molecule has 1 aromatic rings. The van der Waals surface area contributed by atoms with E-state index in [2.05, 4.69) is 0 Å². The average molecular weight is 254 g/mol. The van der Waals surface area contributed by atoms with Crippen molar-refractivity contribution < 1.29 is 14.6 Å². The summed E-state index contributed by atoms with van der Waals surface area (Å²) in [5.74, 6) is 0.670. The van der Waals surface area contributed by atoms with Crippen molar-refractivity contribution in [3.05, 3.63) is 29.8 Å². The number of benzene rings is 1. The molecule has 0 bridgehead atoms. The van der Waals surface area contributed by atoms with Gasteiger partial charge in [-0.1, -0.05) is 12.1 Å². The average Bonchev–Trinajstić information content (AvgIpc) is 2.35. The van der Waals surface area contributed by atoms with Gasteiger partial charge >= 0.3 is 5.97 Å². The summed E-state index contributed by atoms with van der Waals surface area (Å²) in [6.45, 7) is 0. The number of aliphatic carboxylic acids is 1. The first-order valence-corrected chi connectivity index (χ1v) is 6.91. The lowest BCUT2D eigenvalue weighted by molar-refractivity contribution is -0.141. The Balaban J connectivity index is 2.61. The Kier molecular flexibility index (Phi) is 5.91. The molecule has 0 aromatic heterocycles. The molecule has 0 amide bonds. The van der Waals surface area contributed by atoms with Crippen molar-refractivity contribution in [3.8, 4) is 5.75 Å². The zero-order valence-electron chi connectivity index (χ0n) is 10.2. The first-order chi connectivity index (χ1) is 8.17. The van der Waals surface area contributed by atoms with E-state index >= 15 is 0 Å². The summed E-state index contributed by atoms with van der Waals surface area (Å²) in [6, 6.07) is 7.58. The fourth-order valence-electron chi connectivity index (χ4n) is 1.62. The van der Waals surface area contributed by atoms with E-state index in [4.69, 9.17) is 9.84 Å². The molecule has 4 heteroatoms. The highest BCUT2D eigenvalue weighted by molar-refractivity contribution is 7.98. The molecule has 3 nitrogen and oxygen atoms in total. The standard InChI is InChI=1S/C13H18O3S/c1-16-12-5-3-10(4-6-12)9-11(13(14)15)7-8-17-2/h3-6,11H,7-9H2,1-2H3,(H,14,15). The first kappa shape index (κ1) is 13.9. The maximum absolute atomic E-state index is 11.1. The van der Waals surface area contributed by atoms with Gasteiger partial charge in [-0.3, -0.25) is 4.79 Å². The molecule has 1 N–H and O–H groups in total. The second-order valence-corrected chi connectivity index (χ2v) is 4.85. The summed E-state index contributed by atoms with van der Waals surface area (Å²) in [5, 5.41) is 9.13. The summed E-state index contributed by atoms with van der Waals surface area (Å²) in [7, 11) is 1.62. The van der Waals surface area contributed by atoms with E-state index in [1.807, 2.05) is 30.5 Å². The fourth-order valence-corrected chi connectivity index (χ4v) is 2.14. The van der Waals surface area contributed by atoms with E-state index in [-0.39, 0.29) is 5.92 Å². The Morgan fingerprint density at radius 3 is 2.53 bits per heavy atom. The minimum Gasteiger partial charge on any atom is -0.497 e. The van der Waals surface area contributed by atoms with E-state index in [0.717, 1.165) is 17.1 Å². The number of methoxy groups -OCH3 is 1. The Morgan fingerprint density at radius 1 is 1.41 bits per heavy atom. The number of ether oxygens (including phenoxy) is 1. The molecule has 0 fully saturated rings. The lowest BCUT2D eigenvalue weighted by atomic mass is 9.97. The minimum atomic E-state index is -0.713. The maximum Gasteiger partial charge on any atom is 0.306 e. The van der Waals surface area contributed by atoms with E-state index in [0.29, 0.717) is 12.8 Å². The summed E-state index contributed by atoms with van der Waals surface area (Å²) in [5.41, 5.74) is 1.04. The number of carboxylic acids is 1. The van der Waals surface area contributed by atoms with Crippen LogP contribution in [0.1, 0.15) is 12.0 Å². The summed E-state index contributed by atoms with van der Waals surface area (Å²) in [6.07, 6.45) is 3.29. The fraction of sp³-hybridized carbons (Fsp3) is 0.462. The third-order valence-corrected chi connectivity index (χ3v) is 3.30. The monoisotopic (exact) mass is 254 g/mol. The molecule has 0 radical (unpaired) electrons. The van der Waals surface area contributed by atoms with E-state index in [1.165, 1.54) is 0 Å². The van der Waals surface area contributed by atoms with Gasteiger partial charge in [0.05, 0.1) is 13.0 Å². The molecule has 0 aliphatic heterocycles. The maximum atomic E-state index is 11.1. The number of thioether (sulfide) groups is 1. The second kappa shape index (κ2) is 7.22. The van der Waals surface area contributed by atoms with Crippen LogP contribution in [0.3, 0.4) is 0 Å². The molecule has 1 unspecified atom stereocenters. The van der Waals surface area contributed by atoms with Crippen LogP contribution in [-0.2, 0) is 11.2 Å². The third-order valence-electron chi connectivity index (χ3n) is 2.66. The topological polar surface area (TPSA) is 46.5 Å². The lowest BCUT2D eigenvalue weighted by Gasteiger charge is -2.11. The molecule has 1 rings (SSSR count). The van der Waals surface area contributed by atoms with Gasteiger partial charge in [-0.25, -0.2) is 0 Å². The van der Waals surface area contributed by atoms with Crippen LogP contribution in [0.5, 0.6) is 5.75 Å². The highest BCUT2D eigenvalue weighted by atomic mass is 32.2. The highest BCUT2D eigenvalue weighted by Gasteiger charge is 2.17. The molecule has 94 valence electrons. The van der Waals surface area contributed by atoms with Gasteiger partial charge < -0.3 is 9.84 Å². The third kappa shape index (κ3) is 4.69. The van der Waals surface area contributed by atoms with Crippen LogP contribution < -0.4 is 4.74 Å². The quantitative estimate of drug-likeness (QED) is 0.812. The number of carbonyl (C=O) groups is 1. The van der Waals surface area contributed by atoms with Gasteiger partial charge in [0.1, 0.15) is 5.75 Å². The van der Waals surface area contributed by atoms with Gasteiger partial charge in [-0.05, 0) is 42.5 Å². The Morgan fingerprint density at radius 2 is 2.06 bits per heavy atom. The van der Waals surface area contributed by atoms with E-state index in [1.54, 1.807) is 18.9 Å². The molecule has 0 aliphatic rings. The van der Waals surface area contributed by atoms with Gasteiger partial charge in [0.25, 0.3) is 0 Å². The predicted octanol–water partition coefficient (Wildman–Crippen LogP) is 2.69. The van der Waals surface area contributed by atoms with Crippen molar-refractivity contribution in [1.82, 2.24) is 0 Å². The van der Waals surface area contributed by atoms with Crippen LogP contribution >= 0.6 is 11.8 Å². The van der Waals surface area contributed by atoms with Crippen LogP contribution in [0.4, 0.5) is 0 Å². The number of hydrogen-bond acceptors (Lipinski definition) is 3. The molecule has 0 spiro atoms. The van der Waals surface area contributed by atoms with Gasteiger partial charge in [-0.2, -0.15) is 11.8 Å². The van der Waals surface area contributed by atoms with Crippen molar-refractivity contribution in [3.63, 3.8) is 0 Å². The van der Waals surface area contributed by atoms with Gasteiger partial charge in [0.2, 0.25) is 0 Å². The van der Waals surface area contributed by atoms with Crippen LogP contribution in [0, 0.1) is 5.92 Å². The highest BCUT2D eigenvalue weighted by Crippen LogP contribution is 2.18. The van der Waals surface area contributed by atoms with Crippen LogP contribution in [-0.4, -0.2) is 30.2 Å². The Bertz CT molecular complexity index is 348. The molecule has 0 aliphatic carbocycles. The van der Waals surface area contributed by atoms with Crippen LogP contribution in [0.2, 0.25) is 0 Å². The van der Waals surface area contributed by atoms with E-state index in [9.17, 15) is 4.79 Å². The zero-order chi connectivity index (χ0) is 12.7. The number of carboxylic acid groups (broad SMARTS) is 1. The first-order valence-electron chi connectivity index (χ1n) is 5.52. The second-order valence-electron chi connectivity index (χ2n) is 3.87. The van der Waals surface area contributed by atoms with Crippen molar-refractivity contribution in [1.29, 1.82) is 0 Å². The predicted molar refractivity (Wildman–Crippen MR) is 70.8 cm³/mol. The molecule has 1 aromatic carbocycles. The summed E-state index contributed by atoms with van der Waals surface area (Å²) < 4.78 is 5.07. The van der Waals surface area contributed by atoms with Crippen molar-refractivity contribution in [2.24, 2.45) is 5.92 Å². The van der Waals surface area contributed by atoms with E-state index < -0.39 is 5.97 Å². The lowest BCUT2D eigenvalue weighted by Crippen LogP contribution is -2.17. The zero-order valence-corrected chi connectivity index (χ0v) is 11.0. The summed E-state index contributed by atoms with van der Waals surface area (Å²) in [4.78, 5) is 11.1. The molecule has 0 saturated carbocycles. The van der Waals surface area contributed by atoms with Gasteiger partial charge in [0.15, 0.2) is 0 Å². The molecule has 0 heterocycles. The van der Waals surface area contributed by atoms with Crippen molar-refractivity contribution in [2.45, 2.75) is 12.8 Å². The molecule has 1 atom stereocenters. The molecular weight excluding hydrogens is 236 g/mol. The smallest absolute Gasteiger partial charge is 0.306 e. The van der Waals surface area contributed by atoms with Crippen molar-refractivity contribution >= 4 is 17.7 Å². The molecule has 0 saturated heterocycles. The van der Waals surface area contributed by atoms with Crippen LogP contribution in [0.25, 0.3) is 0 Å². The van der Waals surface area contributed by atoms with Gasteiger partial charge in [-0.15, -0.1) is 0 Å². The SMILES string of the molecule is COc1ccc(CC(CCSC)C(=O)O)cc1. The van der Waals surface area contributed by atoms with Gasteiger partial charge in [0, 0.05) is 0 Å². The summed E-state index contributed by atoms with van der Waals surface area (Å²) >= 11 is 1.68. The Hall–Kier alpha value is -1.16.